The summed E-state index contributed by atoms with van der Waals surface area (Å²) >= 11 is 0. The highest BCUT2D eigenvalue weighted by Gasteiger charge is 2.22. The number of nitrogens with one attached hydrogen (secondary N) is 1. The van der Waals surface area contributed by atoms with Gasteiger partial charge in [0.1, 0.15) is 0 Å². The molecule has 1 aliphatic rings. The highest BCUT2D eigenvalue weighted by Crippen LogP contribution is 2.23. The molecule has 0 aliphatic heterocycles. The van der Waals surface area contributed by atoms with Crippen LogP contribution in [0.2, 0.25) is 0 Å². The number of ether oxygens (including phenoxy) is 2. The molecule has 118 valence electrons. The van der Waals surface area contributed by atoms with Crippen LogP contribution >= 0.6 is 0 Å². The zero-order valence-electron chi connectivity index (χ0n) is 13.3. The Morgan fingerprint density at radius 1 is 1.29 bits per heavy atom. The van der Waals surface area contributed by atoms with Crippen LogP contribution in [0.15, 0.2) is 18.3 Å². The molecule has 0 radical (unpaired) electrons. The molecule has 0 amide bonds. The number of rotatable bonds is 8. The predicted octanol–water partition coefficient (Wildman–Crippen LogP) is 3.06. The molecule has 1 N–H and O–H groups in total. The molecule has 2 rings (SSSR count). The van der Waals surface area contributed by atoms with Crippen molar-refractivity contribution in [3.05, 3.63) is 29.6 Å². The summed E-state index contributed by atoms with van der Waals surface area (Å²) in [6.45, 7) is 4.71. The molecule has 0 saturated heterocycles. The Labute approximate surface area is 128 Å². The van der Waals surface area contributed by atoms with Gasteiger partial charge in [0.05, 0.1) is 24.5 Å². The summed E-state index contributed by atoms with van der Waals surface area (Å²) < 4.78 is 11.4. The average molecular weight is 292 g/mol. The maximum Gasteiger partial charge on any atom is 0.0891 e. The van der Waals surface area contributed by atoms with E-state index in [9.17, 15) is 0 Å². The molecule has 1 saturated carbocycles. The molecule has 0 bridgehead atoms. The number of aromatic nitrogens is 1. The minimum atomic E-state index is 0.316. The van der Waals surface area contributed by atoms with E-state index >= 15 is 0 Å². The van der Waals surface area contributed by atoms with E-state index in [0.29, 0.717) is 18.8 Å². The van der Waals surface area contributed by atoms with E-state index in [-0.39, 0.29) is 0 Å². The van der Waals surface area contributed by atoms with Gasteiger partial charge >= 0.3 is 0 Å². The van der Waals surface area contributed by atoms with Crippen molar-refractivity contribution in [1.29, 1.82) is 0 Å². The normalized spacial score (nSPS) is 22.4. The quantitative estimate of drug-likeness (QED) is 0.748. The fourth-order valence-electron chi connectivity index (χ4n) is 2.73. The van der Waals surface area contributed by atoms with Crippen molar-refractivity contribution in [3.63, 3.8) is 0 Å². The van der Waals surface area contributed by atoms with Gasteiger partial charge in [0, 0.05) is 19.9 Å². The smallest absolute Gasteiger partial charge is 0.0891 e. The molecule has 4 heteroatoms. The summed E-state index contributed by atoms with van der Waals surface area (Å²) in [6.07, 6.45) is 8.28. The van der Waals surface area contributed by atoms with Crippen molar-refractivity contribution in [2.24, 2.45) is 0 Å². The second-order valence-electron chi connectivity index (χ2n) is 5.79. The van der Waals surface area contributed by atoms with E-state index in [2.05, 4.69) is 29.4 Å². The fraction of sp³-hybridized carbons (Fsp3) is 0.706. The van der Waals surface area contributed by atoms with E-state index in [4.69, 9.17) is 9.47 Å². The molecule has 1 aliphatic carbocycles. The lowest BCUT2D eigenvalue weighted by Gasteiger charge is -2.28. The average Bonchev–Trinajstić information content (AvgIpc) is 2.54. The van der Waals surface area contributed by atoms with Crippen LogP contribution in [-0.2, 0) is 22.6 Å². The Kier molecular flexibility index (Phi) is 7.13. The first-order valence-corrected chi connectivity index (χ1v) is 8.10. The van der Waals surface area contributed by atoms with Gasteiger partial charge in [0.15, 0.2) is 0 Å². The van der Waals surface area contributed by atoms with Crippen LogP contribution in [0.3, 0.4) is 0 Å². The van der Waals surface area contributed by atoms with Crippen LogP contribution in [0.1, 0.15) is 50.3 Å². The lowest BCUT2D eigenvalue weighted by Crippen LogP contribution is -2.27. The molecule has 1 fully saturated rings. The van der Waals surface area contributed by atoms with Gasteiger partial charge in [-0.25, -0.2) is 0 Å². The summed E-state index contributed by atoms with van der Waals surface area (Å²) in [7, 11) is 1.79. The highest BCUT2D eigenvalue weighted by atomic mass is 16.5. The second kappa shape index (κ2) is 9.13. The summed E-state index contributed by atoms with van der Waals surface area (Å²) in [4.78, 5) is 4.48. The topological polar surface area (TPSA) is 43.4 Å². The number of pyridine rings is 1. The van der Waals surface area contributed by atoms with Gasteiger partial charge in [-0.1, -0.05) is 13.0 Å². The molecule has 0 spiro atoms. The third-order valence-electron chi connectivity index (χ3n) is 4.02. The zero-order chi connectivity index (χ0) is 14.9. The van der Waals surface area contributed by atoms with Crippen LogP contribution in [-0.4, -0.2) is 30.8 Å². The van der Waals surface area contributed by atoms with Gasteiger partial charge in [0.25, 0.3) is 0 Å². The Bertz CT molecular complexity index is 394. The van der Waals surface area contributed by atoms with E-state index in [1.165, 1.54) is 12.0 Å². The predicted molar refractivity (Wildman–Crippen MR) is 84.1 cm³/mol. The molecule has 0 aromatic carbocycles. The first-order valence-electron chi connectivity index (χ1n) is 8.10. The summed E-state index contributed by atoms with van der Waals surface area (Å²) in [6, 6.07) is 4.20. The Morgan fingerprint density at radius 3 is 2.86 bits per heavy atom. The lowest BCUT2D eigenvalue weighted by atomic mass is 9.95. The van der Waals surface area contributed by atoms with E-state index in [1.54, 1.807) is 7.11 Å². The SMILES string of the molecule is CCCNCc1ccc(COC2CCCC(OC)C2)nc1. The maximum atomic E-state index is 5.98. The summed E-state index contributed by atoms with van der Waals surface area (Å²) in [5, 5.41) is 3.38. The van der Waals surface area contributed by atoms with E-state index in [1.807, 2.05) is 6.20 Å². The monoisotopic (exact) mass is 292 g/mol. The van der Waals surface area contributed by atoms with E-state index in [0.717, 1.165) is 44.5 Å². The number of nitrogens with zero attached hydrogens (tertiary/aromatic N) is 1. The van der Waals surface area contributed by atoms with Crippen molar-refractivity contribution in [3.8, 4) is 0 Å². The lowest BCUT2D eigenvalue weighted by molar-refractivity contribution is -0.0372. The summed E-state index contributed by atoms with van der Waals surface area (Å²) in [5.74, 6) is 0. The second-order valence-corrected chi connectivity index (χ2v) is 5.79. The van der Waals surface area contributed by atoms with Crippen molar-refractivity contribution in [2.75, 3.05) is 13.7 Å². The first kappa shape index (κ1) is 16.4. The molecular weight excluding hydrogens is 264 g/mol. The molecule has 2 atom stereocenters. The van der Waals surface area contributed by atoms with Crippen LogP contribution in [0.25, 0.3) is 0 Å². The van der Waals surface area contributed by atoms with Crippen molar-refractivity contribution < 1.29 is 9.47 Å². The molecule has 1 heterocycles. The number of hydrogen-bond acceptors (Lipinski definition) is 4. The molecule has 4 nitrogen and oxygen atoms in total. The van der Waals surface area contributed by atoms with Gasteiger partial charge in [0.2, 0.25) is 0 Å². The number of hydrogen-bond donors (Lipinski definition) is 1. The maximum absolute atomic E-state index is 5.98. The molecule has 1 aromatic rings. The Hall–Kier alpha value is -0.970. The number of methoxy groups -OCH3 is 1. The minimum Gasteiger partial charge on any atom is -0.381 e. The minimum absolute atomic E-state index is 0.316. The molecule has 2 unspecified atom stereocenters. The standard InChI is InChI=1S/C17H28N2O2/c1-3-9-18-11-14-7-8-15(19-12-14)13-21-17-6-4-5-16(10-17)20-2/h7-8,12,16-18H,3-6,9-11,13H2,1-2H3. The van der Waals surface area contributed by atoms with Crippen LogP contribution in [0, 0.1) is 0 Å². The first-order chi connectivity index (χ1) is 10.3. The largest absolute Gasteiger partial charge is 0.381 e. The Morgan fingerprint density at radius 2 is 2.14 bits per heavy atom. The molecular formula is C17H28N2O2. The van der Waals surface area contributed by atoms with Gasteiger partial charge in [-0.2, -0.15) is 0 Å². The highest BCUT2D eigenvalue weighted by molar-refractivity contribution is 5.13. The van der Waals surface area contributed by atoms with Crippen LogP contribution < -0.4 is 5.32 Å². The van der Waals surface area contributed by atoms with Gasteiger partial charge in [-0.3, -0.25) is 4.98 Å². The summed E-state index contributed by atoms with van der Waals surface area (Å²) in [5.41, 5.74) is 2.23. The van der Waals surface area contributed by atoms with Crippen molar-refractivity contribution in [1.82, 2.24) is 10.3 Å². The van der Waals surface area contributed by atoms with E-state index < -0.39 is 0 Å². The van der Waals surface area contributed by atoms with Gasteiger partial charge < -0.3 is 14.8 Å². The van der Waals surface area contributed by atoms with Crippen LogP contribution in [0.5, 0.6) is 0 Å². The fourth-order valence-corrected chi connectivity index (χ4v) is 2.73. The van der Waals surface area contributed by atoms with Crippen LogP contribution in [0.4, 0.5) is 0 Å². The molecule has 1 aromatic heterocycles. The third-order valence-corrected chi connectivity index (χ3v) is 4.02. The van der Waals surface area contributed by atoms with Gasteiger partial charge in [-0.15, -0.1) is 0 Å². The zero-order valence-corrected chi connectivity index (χ0v) is 13.3. The molecule has 21 heavy (non-hydrogen) atoms. The Balaban J connectivity index is 1.73. The van der Waals surface area contributed by atoms with Gasteiger partial charge in [-0.05, 0) is 50.3 Å². The van der Waals surface area contributed by atoms with Crippen molar-refractivity contribution in [2.45, 2.75) is 64.4 Å². The third kappa shape index (κ3) is 5.73. The van der Waals surface area contributed by atoms with Crippen molar-refractivity contribution >= 4 is 0 Å².